The molecule has 0 bridgehead atoms. The summed E-state index contributed by atoms with van der Waals surface area (Å²) in [6.45, 7) is 2.20. The van der Waals surface area contributed by atoms with Crippen LogP contribution in [0.4, 0.5) is 0 Å². The number of ether oxygens (including phenoxy) is 1. The molecule has 1 unspecified atom stereocenters. The summed E-state index contributed by atoms with van der Waals surface area (Å²) in [6, 6.07) is 14.8. The summed E-state index contributed by atoms with van der Waals surface area (Å²) in [4.78, 5) is 19.1. The van der Waals surface area contributed by atoms with E-state index in [9.17, 15) is 18.0 Å². The minimum absolute atomic E-state index is 0.0708. The van der Waals surface area contributed by atoms with E-state index in [1.165, 1.54) is 23.1 Å². The highest BCUT2D eigenvalue weighted by molar-refractivity contribution is 7.89. The second kappa shape index (κ2) is 15.3. The molecule has 10 nitrogen and oxygen atoms in total. The predicted octanol–water partition coefficient (Wildman–Crippen LogP) is 3.27. The second-order valence-corrected chi connectivity index (χ2v) is 12.4. The number of fused-ring (bicyclic) bond motifs is 1. The minimum atomic E-state index is -3.27. The lowest BCUT2D eigenvalue weighted by Crippen LogP contribution is -2.49. The first-order chi connectivity index (χ1) is 19.6. The van der Waals surface area contributed by atoms with Gasteiger partial charge in [-0.25, -0.2) is 22.7 Å². The third-order valence-corrected chi connectivity index (χ3v) is 9.01. The molecule has 1 fully saturated rings. The highest BCUT2D eigenvalue weighted by Gasteiger charge is 2.47. The average molecular weight is 608 g/mol. The van der Waals surface area contributed by atoms with E-state index in [1.807, 2.05) is 25.2 Å². The minimum Gasteiger partial charge on any atom is -0.492 e. The zero-order chi connectivity index (χ0) is 29.9. The number of hydrogen-bond acceptors (Lipinski definition) is 7. The Kier molecular flexibility index (Phi) is 12.2. The summed E-state index contributed by atoms with van der Waals surface area (Å²) in [5, 5.41) is 23.1. The topological polar surface area (TPSA) is 154 Å². The third-order valence-electron chi connectivity index (χ3n) is 7.29. The van der Waals surface area contributed by atoms with Gasteiger partial charge in [0, 0.05) is 35.2 Å². The molecule has 2 aromatic rings. The number of halogens is 1. The number of aliphatic carboxylic acids is 2. The molecule has 1 heterocycles. The normalized spacial score (nSPS) is 17.6. The van der Waals surface area contributed by atoms with Gasteiger partial charge in [0.25, 0.3) is 0 Å². The first-order valence-electron chi connectivity index (χ1n) is 13.6. The number of hydrogen-bond donors (Lipinski definition) is 5. The van der Waals surface area contributed by atoms with E-state index in [0.29, 0.717) is 31.7 Å². The van der Waals surface area contributed by atoms with Crippen molar-refractivity contribution in [3.05, 3.63) is 76.3 Å². The van der Waals surface area contributed by atoms with Gasteiger partial charge in [-0.3, -0.25) is 0 Å². The lowest BCUT2D eigenvalue weighted by atomic mass is 9.58. The third kappa shape index (κ3) is 9.54. The van der Waals surface area contributed by atoms with Crippen LogP contribution in [-0.2, 0) is 31.4 Å². The van der Waals surface area contributed by atoms with Crippen LogP contribution in [0.1, 0.15) is 48.4 Å². The SMILES string of the molecule is CNCCCS(=O)(=O)NCCOc1ccc2c(c1)C(C1(c3ccc(Cl)cc3)CCC1)NCC2.O=C(O)C=CC(=O)O. The van der Waals surface area contributed by atoms with Crippen molar-refractivity contribution in [2.75, 3.05) is 39.0 Å². The number of carboxylic acids is 2. The number of benzene rings is 2. The molecule has 0 spiro atoms. The van der Waals surface area contributed by atoms with E-state index in [2.05, 4.69) is 39.6 Å². The number of rotatable bonds is 13. The molecular formula is C29H38ClN3O7S. The summed E-state index contributed by atoms with van der Waals surface area (Å²) in [5.74, 6) is -1.62. The van der Waals surface area contributed by atoms with E-state index in [0.717, 1.165) is 36.6 Å². The number of carboxylic acid groups (broad SMARTS) is 2. The average Bonchev–Trinajstić information content (AvgIpc) is 2.91. The summed E-state index contributed by atoms with van der Waals surface area (Å²) < 4.78 is 32.7. The van der Waals surface area contributed by atoms with Crippen LogP contribution in [0.25, 0.3) is 0 Å². The van der Waals surface area contributed by atoms with Crippen molar-refractivity contribution in [1.82, 2.24) is 15.4 Å². The van der Waals surface area contributed by atoms with Crippen LogP contribution in [0.3, 0.4) is 0 Å². The fourth-order valence-corrected chi connectivity index (χ4v) is 6.41. The summed E-state index contributed by atoms with van der Waals surface area (Å²) in [7, 11) is -1.46. The van der Waals surface area contributed by atoms with Crippen LogP contribution < -0.4 is 20.1 Å². The molecular weight excluding hydrogens is 570 g/mol. The Labute approximate surface area is 246 Å². The first-order valence-corrected chi connectivity index (χ1v) is 15.6. The Bertz CT molecular complexity index is 1300. The smallest absolute Gasteiger partial charge is 0.328 e. The van der Waals surface area contributed by atoms with Crippen molar-refractivity contribution in [3.63, 3.8) is 0 Å². The van der Waals surface area contributed by atoms with E-state index in [-0.39, 0.29) is 23.8 Å². The molecule has 1 aliphatic heterocycles. The van der Waals surface area contributed by atoms with Gasteiger partial charge in [-0.2, -0.15) is 0 Å². The van der Waals surface area contributed by atoms with E-state index >= 15 is 0 Å². The standard InChI is InChI=1S/C25H34ClN3O3S.C4H4O4/c1-27-13-3-17-33(30,31)29-15-16-32-22-9-4-19-10-14-28-24(23(19)18-22)25(11-2-12-25)20-5-7-21(26)8-6-20;5-3(6)1-2-4(7)8/h4-9,18,24,27-29H,2-3,10-17H2,1H3;1-2H,(H,5,6)(H,7,8). The van der Waals surface area contributed by atoms with Gasteiger partial charge in [0.05, 0.1) is 5.75 Å². The van der Waals surface area contributed by atoms with Crippen LogP contribution in [0, 0.1) is 0 Å². The molecule has 2 aromatic carbocycles. The maximum absolute atomic E-state index is 12.0. The van der Waals surface area contributed by atoms with Gasteiger partial charge in [-0.05, 0) is 86.8 Å². The van der Waals surface area contributed by atoms with E-state index in [4.69, 9.17) is 26.6 Å². The van der Waals surface area contributed by atoms with E-state index in [1.54, 1.807) is 0 Å². The Hall–Kier alpha value is -2.96. The zero-order valence-electron chi connectivity index (χ0n) is 23.1. The molecule has 12 heteroatoms. The predicted molar refractivity (Wildman–Crippen MR) is 158 cm³/mol. The maximum Gasteiger partial charge on any atom is 0.328 e. The molecule has 1 aliphatic carbocycles. The van der Waals surface area contributed by atoms with Crippen molar-refractivity contribution < 1.29 is 33.0 Å². The van der Waals surface area contributed by atoms with Gasteiger partial charge in [-0.15, -0.1) is 0 Å². The molecule has 0 aromatic heterocycles. The monoisotopic (exact) mass is 607 g/mol. The largest absolute Gasteiger partial charge is 0.492 e. The number of nitrogens with one attached hydrogen (secondary N) is 3. The number of sulfonamides is 1. The highest BCUT2D eigenvalue weighted by atomic mass is 35.5. The van der Waals surface area contributed by atoms with Crippen molar-refractivity contribution in [1.29, 1.82) is 0 Å². The van der Waals surface area contributed by atoms with Crippen LogP contribution >= 0.6 is 11.6 Å². The van der Waals surface area contributed by atoms with Gasteiger partial charge in [0.2, 0.25) is 10.0 Å². The van der Waals surface area contributed by atoms with Crippen molar-refractivity contribution >= 4 is 33.6 Å². The summed E-state index contributed by atoms with van der Waals surface area (Å²) in [5.41, 5.74) is 4.06. The quantitative estimate of drug-likeness (QED) is 0.170. The highest BCUT2D eigenvalue weighted by Crippen LogP contribution is 2.53. The van der Waals surface area contributed by atoms with Gasteiger partial charge in [0.15, 0.2) is 0 Å². The van der Waals surface area contributed by atoms with Gasteiger partial charge < -0.3 is 25.6 Å². The zero-order valence-corrected chi connectivity index (χ0v) is 24.6. The maximum atomic E-state index is 12.0. The van der Waals surface area contributed by atoms with Crippen molar-refractivity contribution in [2.45, 2.75) is 43.6 Å². The second-order valence-electron chi connectivity index (χ2n) is 10.0. The van der Waals surface area contributed by atoms with Gasteiger partial charge >= 0.3 is 11.9 Å². The van der Waals surface area contributed by atoms with Crippen molar-refractivity contribution in [2.24, 2.45) is 0 Å². The Morgan fingerprint density at radius 3 is 2.37 bits per heavy atom. The fraction of sp³-hybridized carbons (Fsp3) is 0.448. The molecule has 0 amide bonds. The lowest BCUT2D eigenvalue weighted by molar-refractivity contribution is -0.134. The van der Waals surface area contributed by atoms with Crippen LogP contribution in [-0.4, -0.2) is 69.6 Å². The summed E-state index contributed by atoms with van der Waals surface area (Å²) in [6.07, 6.45) is 6.21. The van der Waals surface area contributed by atoms with Crippen LogP contribution in [0.5, 0.6) is 5.75 Å². The van der Waals surface area contributed by atoms with Gasteiger partial charge in [0.1, 0.15) is 12.4 Å². The Morgan fingerprint density at radius 2 is 1.78 bits per heavy atom. The Morgan fingerprint density at radius 1 is 1.10 bits per heavy atom. The molecule has 41 heavy (non-hydrogen) atoms. The molecule has 5 N–H and O–H groups in total. The Balaban J connectivity index is 0.000000507. The lowest BCUT2D eigenvalue weighted by Gasteiger charge is -2.50. The molecule has 0 radical (unpaired) electrons. The summed E-state index contributed by atoms with van der Waals surface area (Å²) >= 11 is 6.15. The molecule has 4 rings (SSSR count). The van der Waals surface area contributed by atoms with Crippen molar-refractivity contribution in [3.8, 4) is 5.75 Å². The fourth-order valence-electron chi connectivity index (χ4n) is 5.22. The first kappa shape index (κ1) is 32.6. The van der Waals surface area contributed by atoms with Crippen LogP contribution in [0.15, 0.2) is 54.6 Å². The molecule has 2 aliphatic rings. The van der Waals surface area contributed by atoms with Gasteiger partial charge in [-0.1, -0.05) is 36.2 Å². The van der Waals surface area contributed by atoms with E-state index < -0.39 is 22.0 Å². The molecule has 0 saturated heterocycles. The molecule has 224 valence electrons. The number of carbonyl (C=O) groups is 2. The molecule has 1 atom stereocenters. The molecule has 1 saturated carbocycles. The van der Waals surface area contributed by atoms with Crippen LogP contribution in [0.2, 0.25) is 5.02 Å².